The Hall–Kier alpha value is -1.67. The number of nitrogens with two attached hydrogens (primary N) is 1. The van der Waals surface area contributed by atoms with Crippen LogP contribution in [0.2, 0.25) is 0 Å². The Labute approximate surface area is 94.6 Å². The lowest BCUT2D eigenvalue weighted by atomic mass is 10.0. The number of hydrogen-bond acceptors (Lipinski definition) is 1. The van der Waals surface area contributed by atoms with Crippen molar-refractivity contribution in [1.29, 1.82) is 0 Å². The zero-order valence-electron chi connectivity index (χ0n) is 8.18. The summed E-state index contributed by atoms with van der Waals surface area (Å²) in [6.07, 6.45) is 0. The fourth-order valence-corrected chi connectivity index (χ4v) is 1.61. The summed E-state index contributed by atoms with van der Waals surface area (Å²) in [4.78, 5) is 0.438. The Kier molecular flexibility index (Phi) is 2.79. The Morgan fingerprint density at radius 1 is 0.867 bits per heavy atom. The van der Waals surface area contributed by atoms with Crippen molar-refractivity contribution in [2.45, 2.75) is 0 Å². The first-order chi connectivity index (χ1) is 7.27. The van der Waals surface area contributed by atoms with Gasteiger partial charge in [0.1, 0.15) is 4.99 Å². The zero-order valence-corrected chi connectivity index (χ0v) is 9.00. The van der Waals surface area contributed by atoms with Gasteiger partial charge in [-0.15, -0.1) is 0 Å². The fraction of sp³-hybridized carbons (Fsp3) is 0. The SMILES string of the molecule is NC(=S)c1cccc(-c2ccccc2)c1. The van der Waals surface area contributed by atoms with Crippen molar-refractivity contribution in [3.05, 3.63) is 60.2 Å². The molecule has 1 nitrogen and oxygen atoms in total. The number of hydrogen-bond donors (Lipinski definition) is 1. The minimum atomic E-state index is 0.438. The predicted octanol–water partition coefficient (Wildman–Crippen LogP) is 2.99. The van der Waals surface area contributed by atoms with Crippen LogP contribution in [0.4, 0.5) is 0 Å². The molecule has 0 saturated carbocycles. The van der Waals surface area contributed by atoms with Gasteiger partial charge in [0.15, 0.2) is 0 Å². The van der Waals surface area contributed by atoms with Crippen molar-refractivity contribution in [2.24, 2.45) is 5.73 Å². The first-order valence-electron chi connectivity index (χ1n) is 4.72. The van der Waals surface area contributed by atoms with Crippen LogP contribution in [-0.2, 0) is 0 Å². The third-order valence-corrected chi connectivity index (χ3v) is 2.49. The molecular formula is C13H11NS. The van der Waals surface area contributed by atoms with Gasteiger partial charge in [-0.2, -0.15) is 0 Å². The first kappa shape index (κ1) is 9.87. The van der Waals surface area contributed by atoms with E-state index in [1.165, 1.54) is 5.56 Å². The quantitative estimate of drug-likeness (QED) is 0.776. The second-order valence-corrected chi connectivity index (χ2v) is 3.75. The average Bonchev–Trinajstić information content (AvgIpc) is 2.30. The van der Waals surface area contributed by atoms with Gasteiger partial charge in [0.2, 0.25) is 0 Å². The molecule has 2 heteroatoms. The van der Waals surface area contributed by atoms with Gasteiger partial charge in [0.25, 0.3) is 0 Å². The van der Waals surface area contributed by atoms with E-state index in [1.54, 1.807) is 0 Å². The van der Waals surface area contributed by atoms with Crippen LogP contribution >= 0.6 is 12.2 Å². The van der Waals surface area contributed by atoms with Gasteiger partial charge < -0.3 is 5.73 Å². The number of thiocarbonyl (C=S) groups is 1. The second-order valence-electron chi connectivity index (χ2n) is 3.31. The maximum atomic E-state index is 5.59. The van der Waals surface area contributed by atoms with Crippen molar-refractivity contribution < 1.29 is 0 Å². The molecule has 0 saturated heterocycles. The summed E-state index contributed by atoms with van der Waals surface area (Å²) >= 11 is 4.95. The van der Waals surface area contributed by atoms with Crippen molar-refractivity contribution in [3.63, 3.8) is 0 Å². The van der Waals surface area contributed by atoms with Gasteiger partial charge in [-0.3, -0.25) is 0 Å². The van der Waals surface area contributed by atoms with Gasteiger partial charge in [-0.1, -0.05) is 60.7 Å². The monoisotopic (exact) mass is 213 g/mol. The summed E-state index contributed by atoms with van der Waals surface area (Å²) in [5, 5.41) is 0. The van der Waals surface area contributed by atoms with Crippen molar-refractivity contribution >= 4 is 17.2 Å². The molecule has 0 aliphatic heterocycles. The number of benzene rings is 2. The minimum Gasteiger partial charge on any atom is -0.389 e. The highest BCUT2D eigenvalue weighted by Crippen LogP contribution is 2.19. The molecule has 15 heavy (non-hydrogen) atoms. The van der Waals surface area contributed by atoms with Crippen LogP contribution in [0.5, 0.6) is 0 Å². The van der Waals surface area contributed by atoms with Crippen LogP contribution in [0.25, 0.3) is 11.1 Å². The Morgan fingerprint density at radius 3 is 2.20 bits per heavy atom. The van der Waals surface area contributed by atoms with E-state index in [4.69, 9.17) is 18.0 Å². The Balaban J connectivity index is 2.46. The third kappa shape index (κ3) is 2.22. The highest BCUT2D eigenvalue weighted by molar-refractivity contribution is 7.80. The molecule has 0 bridgehead atoms. The first-order valence-corrected chi connectivity index (χ1v) is 5.13. The summed E-state index contributed by atoms with van der Waals surface area (Å²) in [5.74, 6) is 0. The summed E-state index contributed by atoms with van der Waals surface area (Å²) in [6.45, 7) is 0. The molecule has 0 fully saturated rings. The normalized spacial score (nSPS) is 9.87. The standard InChI is InChI=1S/C13H11NS/c14-13(15)12-8-4-7-11(9-12)10-5-2-1-3-6-10/h1-9H,(H2,14,15). The van der Waals surface area contributed by atoms with E-state index < -0.39 is 0 Å². The topological polar surface area (TPSA) is 26.0 Å². The zero-order chi connectivity index (χ0) is 10.7. The van der Waals surface area contributed by atoms with E-state index in [2.05, 4.69) is 18.2 Å². The van der Waals surface area contributed by atoms with Crippen molar-refractivity contribution in [3.8, 4) is 11.1 Å². The lowest BCUT2D eigenvalue weighted by molar-refractivity contribution is 1.58. The molecule has 0 amide bonds. The van der Waals surface area contributed by atoms with Crippen LogP contribution < -0.4 is 5.73 Å². The second kappa shape index (κ2) is 4.24. The highest BCUT2D eigenvalue weighted by atomic mass is 32.1. The molecule has 2 rings (SSSR count). The molecule has 2 N–H and O–H groups in total. The molecule has 2 aromatic rings. The van der Waals surface area contributed by atoms with Crippen LogP contribution in [0.15, 0.2) is 54.6 Å². The molecule has 74 valence electrons. The average molecular weight is 213 g/mol. The van der Waals surface area contributed by atoms with Gasteiger partial charge in [0.05, 0.1) is 0 Å². The molecular weight excluding hydrogens is 202 g/mol. The van der Waals surface area contributed by atoms with Crippen LogP contribution in [0.1, 0.15) is 5.56 Å². The molecule has 0 atom stereocenters. The maximum absolute atomic E-state index is 5.59. The van der Waals surface area contributed by atoms with E-state index in [0.29, 0.717) is 4.99 Å². The van der Waals surface area contributed by atoms with Gasteiger partial charge >= 0.3 is 0 Å². The van der Waals surface area contributed by atoms with E-state index >= 15 is 0 Å². The minimum absolute atomic E-state index is 0.438. The number of rotatable bonds is 2. The summed E-state index contributed by atoms with van der Waals surface area (Å²) < 4.78 is 0. The fourth-order valence-electron chi connectivity index (χ4n) is 1.48. The van der Waals surface area contributed by atoms with Gasteiger partial charge in [0, 0.05) is 5.56 Å². The summed E-state index contributed by atoms with van der Waals surface area (Å²) in [7, 11) is 0. The van der Waals surface area contributed by atoms with E-state index in [9.17, 15) is 0 Å². The maximum Gasteiger partial charge on any atom is 0.104 e. The predicted molar refractivity (Wildman–Crippen MR) is 67.8 cm³/mol. The van der Waals surface area contributed by atoms with E-state index in [-0.39, 0.29) is 0 Å². The van der Waals surface area contributed by atoms with Gasteiger partial charge in [-0.25, -0.2) is 0 Å². The lowest BCUT2D eigenvalue weighted by Crippen LogP contribution is -2.08. The molecule has 2 aromatic carbocycles. The molecule has 0 spiro atoms. The van der Waals surface area contributed by atoms with Crippen LogP contribution in [-0.4, -0.2) is 4.99 Å². The third-order valence-electron chi connectivity index (χ3n) is 2.25. The molecule has 0 radical (unpaired) electrons. The smallest absolute Gasteiger partial charge is 0.104 e. The molecule has 0 aliphatic carbocycles. The van der Waals surface area contributed by atoms with Crippen LogP contribution in [0, 0.1) is 0 Å². The summed E-state index contributed by atoms with van der Waals surface area (Å²) in [6, 6.07) is 18.1. The molecule has 0 heterocycles. The summed E-state index contributed by atoms with van der Waals surface area (Å²) in [5.41, 5.74) is 8.82. The Bertz CT molecular complexity index is 477. The van der Waals surface area contributed by atoms with Crippen LogP contribution in [0.3, 0.4) is 0 Å². The van der Waals surface area contributed by atoms with E-state index in [1.807, 2.05) is 36.4 Å². The largest absolute Gasteiger partial charge is 0.389 e. The van der Waals surface area contributed by atoms with Gasteiger partial charge in [-0.05, 0) is 17.2 Å². The molecule has 0 aliphatic rings. The Morgan fingerprint density at radius 2 is 1.53 bits per heavy atom. The van der Waals surface area contributed by atoms with Crippen molar-refractivity contribution in [1.82, 2.24) is 0 Å². The highest BCUT2D eigenvalue weighted by Gasteiger charge is 1.99. The molecule has 0 aromatic heterocycles. The molecule has 0 unspecified atom stereocenters. The lowest BCUT2D eigenvalue weighted by Gasteiger charge is -2.03. The van der Waals surface area contributed by atoms with Crippen molar-refractivity contribution in [2.75, 3.05) is 0 Å². The van der Waals surface area contributed by atoms with E-state index in [0.717, 1.165) is 11.1 Å².